The van der Waals surface area contributed by atoms with Gasteiger partial charge in [-0.2, -0.15) is 0 Å². The van der Waals surface area contributed by atoms with Crippen LogP contribution in [0.5, 0.6) is 5.75 Å². The molecule has 19 heavy (non-hydrogen) atoms. The molecule has 3 rings (SSSR count). The van der Waals surface area contributed by atoms with E-state index < -0.39 is 0 Å². The van der Waals surface area contributed by atoms with Crippen LogP contribution < -0.4 is 0 Å². The minimum Gasteiger partial charge on any atom is -0.507 e. The zero-order chi connectivity index (χ0) is 13.1. The molecule has 0 aliphatic rings. The summed E-state index contributed by atoms with van der Waals surface area (Å²) >= 11 is 1.60. The molecule has 0 spiro atoms. The Morgan fingerprint density at radius 3 is 2.58 bits per heavy atom. The molecule has 3 heteroatoms. The van der Waals surface area contributed by atoms with Crippen molar-refractivity contribution >= 4 is 22.7 Å². The number of thioether (sulfide) groups is 1. The van der Waals surface area contributed by atoms with Crippen LogP contribution in [-0.2, 0) is 5.75 Å². The Labute approximate surface area is 116 Å². The van der Waals surface area contributed by atoms with Crippen LogP contribution >= 0.6 is 11.8 Å². The number of benzene rings is 2. The average Bonchev–Trinajstić information content (AvgIpc) is 2.46. The van der Waals surface area contributed by atoms with Crippen molar-refractivity contribution in [2.75, 3.05) is 0 Å². The van der Waals surface area contributed by atoms with Crippen molar-refractivity contribution < 1.29 is 5.11 Å². The molecule has 1 N–H and O–H groups in total. The van der Waals surface area contributed by atoms with Crippen molar-refractivity contribution in [1.29, 1.82) is 0 Å². The highest BCUT2D eigenvalue weighted by Crippen LogP contribution is 2.30. The first-order valence-electron chi connectivity index (χ1n) is 6.08. The first-order valence-corrected chi connectivity index (χ1v) is 7.07. The van der Waals surface area contributed by atoms with Gasteiger partial charge in [0, 0.05) is 16.0 Å². The summed E-state index contributed by atoms with van der Waals surface area (Å²) in [6.45, 7) is 0. The fourth-order valence-electron chi connectivity index (χ4n) is 1.92. The zero-order valence-electron chi connectivity index (χ0n) is 10.3. The summed E-state index contributed by atoms with van der Waals surface area (Å²) in [7, 11) is 0. The van der Waals surface area contributed by atoms with Gasteiger partial charge >= 0.3 is 0 Å². The second-order valence-corrected chi connectivity index (χ2v) is 5.27. The van der Waals surface area contributed by atoms with Crippen molar-refractivity contribution in [3.8, 4) is 5.75 Å². The fraction of sp³-hybridized carbons (Fsp3) is 0.0625. The van der Waals surface area contributed by atoms with Crippen molar-refractivity contribution in [2.45, 2.75) is 10.6 Å². The summed E-state index contributed by atoms with van der Waals surface area (Å²) < 4.78 is 0. The second kappa shape index (κ2) is 5.33. The highest BCUT2D eigenvalue weighted by atomic mass is 32.2. The van der Waals surface area contributed by atoms with Crippen molar-refractivity contribution in [1.82, 2.24) is 4.98 Å². The fourth-order valence-corrected chi connectivity index (χ4v) is 2.77. The molecular weight excluding hydrogens is 254 g/mol. The van der Waals surface area contributed by atoms with Gasteiger partial charge in [-0.05, 0) is 24.3 Å². The standard InChI is InChI=1S/C16H13NOS/c18-15-7-3-4-8-16(15)19-11-13-10-9-12-5-1-2-6-14(12)17-13/h1-10,18H,11H2. The Kier molecular flexibility index (Phi) is 3.38. The highest BCUT2D eigenvalue weighted by molar-refractivity contribution is 7.98. The molecule has 0 aliphatic heterocycles. The van der Waals surface area contributed by atoms with Gasteiger partial charge in [0.2, 0.25) is 0 Å². The van der Waals surface area contributed by atoms with Gasteiger partial charge in [-0.25, -0.2) is 0 Å². The van der Waals surface area contributed by atoms with Crippen LogP contribution in [0.2, 0.25) is 0 Å². The number of phenolic OH excluding ortho intramolecular Hbond substituents is 1. The maximum absolute atomic E-state index is 9.72. The number of aromatic hydroxyl groups is 1. The lowest BCUT2D eigenvalue weighted by Gasteiger charge is -2.05. The lowest BCUT2D eigenvalue weighted by atomic mass is 10.2. The summed E-state index contributed by atoms with van der Waals surface area (Å²) in [5.74, 6) is 1.08. The van der Waals surface area contributed by atoms with Crippen molar-refractivity contribution in [3.63, 3.8) is 0 Å². The molecule has 0 fully saturated rings. The summed E-state index contributed by atoms with van der Waals surface area (Å²) in [6.07, 6.45) is 0. The maximum Gasteiger partial charge on any atom is 0.129 e. The average molecular weight is 267 g/mol. The number of pyridine rings is 1. The molecule has 1 heterocycles. The van der Waals surface area contributed by atoms with Gasteiger partial charge in [0.05, 0.1) is 11.2 Å². The van der Waals surface area contributed by atoms with Crippen LogP contribution in [0, 0.1) is 0 Å². The van der Waals surface area contributed by atoms with E-state index in [1.165, 1.54) is 0 Å². The quantitative estimate of drug-likeness (QED) is 0.721. The highest BCUT2D eigenvalue weighted by Gasteiger charge is 2.03. The first-order chi connectivity index (χ1) is 9.33. The van der Waals surface area contributed by atoms with Crippen LogP contribution in [0.4, 0.5) is 0 Å². The van der Waals surface area contributed by atoms with Crippen LogP contribution in [0.1, 0.15) is 5.69 Å². The molecule has 94 valence electrons. The van der Waals surface area contributed by atoms with Crippen molar-refractivity contribution in [3.05, 3.63) is 66.4 Å². The van der Waals surface area contributed by atoms with Gasteiger partial charge in [-0.3, -0.25) is 4.98 Å². The molecule has 2 nitrogen and oxygen atoms in total. The minimum absolute atomic E-state index is 0.327. The lowest BCUT2D eigenvalue weighted by molar-refractivity contribution is 0.462. The molecule has 0 unspecified atom stereocenters. The molecule has 0 radical (unpaired) electrons. The third-order valence-electron chi connectivity index (χ3n) is 2.90. The van der Waals surface area contributed by atoms with E-state index in [4.69, 9.17) is 0 Å². The van der Waals surface area contributed by atoms with Gasteiger partial charge in [-0.15, -0.1) is 11.8 Å². The van der Waals surface area contributed by atoms with Gasteiger partial charge in [0.1, 0.15) is 5.75 Å². The number of fused-ring (bicyclic) bond motifs is 1. The monoisotopic (exact) mass is 267 g/mol. The van der Waals surface area contributed by atoms with E-state index in [9.17, 15) is 5.11 Å². The molecular formula is C16H13NOS. The third-order valence-corrected chi connectivity index (χ3v) is 3.99. The Morgan fingerprint density at radius 2 is 1.68 bits per heavy atom. The van der Waals surface area contributed by atoms with Crippen molar-refractivity contribution in [2.24, 2.45) is 0 Å². The van der Waals surface area contributed by atoms with Gasteiger partial charge < -0.3 is 5.11 Å². The van der Waals surface area contributed by atoms with Gasteiger partial charge in [-0.1, -0.05) is 36.4 Å². The van der Waals surface area contributed by atoms with E-state index in [2.05, 4.69) is 17.1 Å². The molecule has 0 amide bonds. The third kappa shape index (κ3) is 2.71. The van der Waals surface area contributed by atoms with E-state index in [0.29, 0.717) is 5.75 Å². The summed E-state index contributed by atoms with van der Waals surface area (Å²) in [4.78, 5) is 5.50. The molecule has 1 aromatic heterocycles. The molecule has 0 aliphatic carbocycles. The first kappa shape index (κ1) is 12.1. The molecule has 3 aromatic rings. The SMILES string of the molecule is Oc1ccccc1SCc1ccc2ccccc2n1. The number of nitrogens with zero attached hydrogens (tertiary/aromatic N) is 1. The zero-order valence-corrected chi connectivity index (χ0v) is 11.1. The predicted molar refractivity (Wildman–Crippen MR) is 79.4 cm³/mol. The van der Waals surface area contributed by atoms with Gasteiger partial charge in [0.25, 0.3) is 0 Å². The molecule has 0 atom stereocenters. The van der Waals surface area contributed by atoms with Crippen LogP contribution in [0.15, 0.2) is 65.6 Å². The summed E-state index contributed by atoms with van der Waals surface area (Å²) in [6, 6.07) is 19.6. The Balaban J connectivity index is 1.80. The number of para-hydroxylation sites is 2. The Hall–Kier alpha value is -2.00. The van der Waals surface area contributed by atoms with E-state index >= 15 is 0 Å². The van der Waals surface area contributed by atoms with E-state index in [0.717, 1.165) is 27.2 Å². The van der Waals surface area contributed by atoms with E-state index in [1.807, 2.05) is 42.5 Å². The number of aromatic nitrogens is 1. The number of hydrogen-bond acceptors (Lipinski definition) is 3. The Bertz CT molecular complexity index is 712. The number of phenols is 1. The molecule has 0 saturated heterocycles. The van der Waals surface area contributed by atoms with Crippen LogP contribution in [0.3, 0.4) is 0 Å². The smallest absolute Gasteiger partial charge is 0.129 e. The summed E-state index contributed by atoms with van der Waals surface area (Å²) in [5.41, 5.74) is 2.03. The largest absolute Gasteiger partial charge is 0.507 e. The van der Waals surface area contributed by atoms with Gasteiger partial charge in [0.15, 0.2) is 0 Å². The second-order valence-electron chi connectivity index (χ2n) is 4.25. The predicted octanol–water partition coefficient (Wildman–Crippen LogP) is 4.23. The van der Waals surface area contributed by atoms with E-state index in [1.54, 1.807) is 17.8 Å². The lowest BCUT2D eigenvalue weighted by Crippen LogP contribution is -1.87. The topological polar surface area (TPSA) is 33.1 Å². The molecule has 2 aromatic carbocycles. The molecule has 0 saturated carbocycles. The van der Waals surface area contributed by atoms with Crippen LogP contribution in [-0.4, -0.2) is 10.1 Å². The van der Waals surface area contributed by atoms with E-state index in [-0.39, 0.29) is 0 Å². The summed E-state index contributed by atoms with van der Waals surface area (Å²) in [5, 5.41) is 10.9. The molecule has 0 bridgehead atoms. The minimum atomic E-state index is 0.327. The Morgan fingerprint density at radius 1 is 0.895 bits per heavy atom. The normalized spacial score (nSPS) is 10.7. The number of rotatable bonds is 3. The maximum atomic E-state index is 9.72. The number of hydrogen-bond donors (Lipinski definition) is 1. The van der Waals surface area contributed by atoms with Crippen LogP contribution in [0.25, 0.3) is 10.9 Å².